The van der Waals surface area contributed by atoms with Crippen LogP contribution in [0.25, 0.3) is 11.0 Å². The lowest BCUT2D eigenvalue weighted by molar-refractivity contribution is 0.0663. The Balaban J connectivity index is 2.40. The zero-order valence-electron chi connectivity index (χ0n) is 12.3. The molecule has 3 rings (SSSR count). The van der Waals surface area contributed by atoms with Gasteiger partial charge in [0.25, 0.3) is 10.0 Å². The maximum Gasteiger partial charge on any atom is 0.371 e. The van der Waals surface area contributed by atoms with Crippen LogP contribution in [0.4, 0.5) is 0 Å². The van der Waals surface area contributed by atoms with Crippen LogP contribution in [0.5, 0.6) is 0 Å². The number of halogens is 2. The van der Waals surface area contributed by atoms with Gasteiger partial charge in [0.1, 0.15) is 5.58 Å². The standard InChI is InChI=1S/C16H9Cl2NO5S/c17-9-6-11(18)15-12(8-14(16(20)21)24-13(15)7-9)19-25(22,23)10-4-2-1-3-5-10/h1-8H,(H,20,21). The van der Waals surface area contributed by atoms with E-state index in [4.69, 9.17) is 27.6 Å². The van der Waals surface area contributed by atoms with E-state index in [1.165, 1.54) is 24.3 Å². The van der Waals surface area contributed by atoms with E-state index in [0.29, 0.717) is 0 Å². The van der Waals surface area contributed by atoms with E-state index in [2.05, 4.69) is 4.40 Å². The molecule has 0 bridgehead atoms. The van der Waals surface area contributed by atoms with Gasteiger partial charge in [-0.3, -0.25) is 0 Å². The minimum absolute atomic E-state index is 0.0133. The Hall–Kier alpha value is -2.35. The number of aromatic carboxylic acids is 1. The topological polar surface area (TPSA) is 96.9 Å². The second-order valence-corrected chi connectivity index (χ2v) is 7.39. The Morgan fingerprint density at radius 1 is 1.08 bits per heavy atom. The van der Waals surface area contributed by atoms with Gasteiger partial charge in [0.2, 0.25) is 5.76 Å². The number of carbonyl (C=O) groups is 1. The Labute approximate surface area is 152 Å². The van der Waals surface area contributed by atoms with Crippen LogP contribution < -0.4 is 5.36 Å². The van der Waals surface area contributed by atoms with Crippen molar-refractivity contribution in [2.24, 2.45) is 4.40 Å². The quantitative estimate of drug-likeness (QED) is 0.725. The molecule has 2 aromatic carbocycles. The zero-order chi connectivity index (χ0) is 18.2. The first-order valence-electron chi connectivity index (χ1n) is 6.80. The van der Waals surface area contributed by atoms with Gasteiger partial charge in [-0.15, -0.1) is 0 Å². The number of hydrogen-bond acceptors (Lipinski definition) is 4. The minimum atomic E-state index is -4.08. The predicted octanol–water partition coefficient (Wildman–Crippen LogP) is 3.73. The molecule has 1 heterocycles. The van der Waals surface area contributed by atoms with Crippen molar-refractivity contribution in [3.8, 4) is 0 Å². The lowest BCUT2D eigenvalue weighted by Gasteiger charge is -2.05. The summed E-state index contributed by atoms with van der Waals surface area (Å²) in [7, 11) is -4.08. The van der Waals surface area contributed by atoms with Crippen molar-refractivity contribution in [3.63, 3.8) is 0 Å². The van der Waals surface area contributed by atoms with Crippen molar-refractivity contribution < 1.29 is 22.7 Å². The molecule has 0 fully saturated rings. The number of carboxylic acid groups (broad SMARTS) is 1. The highest BCUT2D eigenvalue weighted by Crippen LogP contribution is 2.26. The molecule has 25 heavy (non-hydrogen) atoms. The van der Waals surface area contributed by atoms with E-state index in [9.17, 15) is 18.3 Å². The average Bonchev–Trinajstić information content (AvgIpc) is 2.54. The zero-order valence-corrected chi connectivity index (χ0v) is 14.6. The summed E-state index contributed by atoms with van der Waals surface area (Å²) in [4.78, 5) is 11.2. The maximum atomic E-state index is 12.5. The molecule has 128 valence electrons. The highest BCUT2D eigenvalue weighted by molar-refractivity contribution is 7.90. The van der Waals surface area contributed by atoms with E-state index >= 15 is 0 Å². The summed E-state index contributed by atoms with van der Waals surface area (Å²) in [5, 5.41) is 9.47. The number of hydrogen-bond donors (Lipinski definition) is 1. The van der Waals surface area contributed by atoms with Crippen LogP contribution >= 0.6 is 23.2 Å². The van der Waals surface area contributed by atoms with Gasteiger partial charge in [0, 0.05) is 17.2 Å². The monoisotopic (exact) mass is 397 g/mol. The Morgan fingerprint density at radius 3 is 2.40 bits per heavy atom. The molecule has 0 aliphatic carbocycles. The van der Waals surface area contributed by atoms with Gasteiger partial charge in [-0.25, -0.2) is 4.79 Å². The third-order valence-corrected chi connectivity index (χ3v) is 5.05. The molecule has 6 nitrogen and oxygen atoms in total. The van der Waals surface area contributed by atoms with E-state index in [0.717, 1.165) is 6.07 Å². The molecule has 1 N–H and O–H groups in total. The SMILES string of the molecule is O=C(O)c1cc(=NS(=O)(=O)c2ccccc2)c2c(Cl)cc(Cl)cc2o1. The van der Waals surface area contributed by atoms with E-state index in [-0.39, 0.29) is 31.3 Å². The molecular weight excluding hydrogens is 389 g/mol. The smallest absolute Gasteiger partial charge is 0.371 e. The van der Waals surface area contributed by atoms with Gasteiger partial charge in [-0.1, -0.05) is 41.4 Å². The molecule has 0 atom stereocenters. The first-order valence-corrected chi connectivity index (χ1v) is 9.00. The largest absolute Gasteiger partial charge is 0.475 e. The number of benzene rings is 2. The van der Waals surface area contributed by atoms with Crippen LogP contribution in [-0.4, -0.2) is 19.5 Å². The summed E-state index contributed by atoms with van der Waals surface area (Å²) in [6.45, 7) is 0. The Bertz CT molecular complexity index is 1150. The summed E-state index contributed by atoms with van der Waals surface area (Å²) in [5.41, 5.74) is 0.0133. The predicted molar refractivity (Wildman–Crippen MR) is 92.4 cm³/mol. The fourth-order valence-corrected chi connectivity index (χ4v) is 3.76. The summed E-state index contributed by atoms with van der Waals surface area (Å²) in [5.74, 6) is -1.88. The second kappa shape index (κ2) is 6.51. The second-order valence-electron chi connectivity index (χ2n) is 4.94. The number of nitrogens with zero attached hydrogens (tertiary/aromatic N) is 1. The summed E-state index contributed by atoms with van der Waals surface area (Å²) >= 11 is 12.0. The van der Waals surface area contributed by atoms with Crippen LogP contribution in [0.1, 0.15) is 10.6 Å². The number of sulfonamides is 1. The molecule has 3 aromatic rings. The Kier molecular flexibility index (Phi) is 4.55. The van der Waals surface area contributed by atoms with Crippen LogP contribution in [-0.2, 0) is 10.0 Å². The third kappa shape index (κ3) is 3.53. The van der Waals surface area contributed by atoms with Crippen molar-refractivity contribution in [1.82, 2.24) is 0 Å². The molecular formula is C16H9Cl2NO5S. The fourth-order valence-electron chi connectivity index (χ4n) is 2.18. The summed E-state index contributed by atoms with van der Waals surface area (Å²) in [6.07, 6.45) is 0. The fraction of sp³-hybridized carbons (Fsp3) is 0. The van der Waals surface area contributed by atoms with Gasteiger partial charge < -0.3 is 9.52 Å². The molecule has 9 heteroatoms. The van der Waals surface area contributed by atoms with Crippen LogP contribution in [0.3, 0.4) is 0 Å². The first-order chi connectivity index (χ1) is 11.8. The molecule has 0 aliphatic rings. The number of carboxylic acids is 1. The van der Waals surface area contributed by atoms with Crippen LogP contribution in [0, 0.1) is 0 Å². The molecule has 0 radical (unpaired) electrons. The van der Waals surface area contributed by atoms with Crippen molar-refractivity contribution in [2.45, 2.75) is 4.90 Å². The van der Waals surface area contributed by atoms with Crippen molar-refractivity contribution in [3.05, 3.63) is 69.7 Å². The van der Waals surface area contributed by atoms with E-state index in [1.54, 1.807) is 18.2 Å². The average molecular weight is 398 g/mol. The number of rotatable bonds is 3. The van der Waals surface area contributed by atoms with Gasteiger partial charge in [0.05, 0.1) is 20.7 Å². The normalized spacial score (nSPS) is 12.5. The van der Waals surface area contributed by atoms with Gasteiger partial charge in [-0.05, 0) is 18.2 Å². The highest BCUT2D eigenvalue weighted by atomic mass is 35.5. The van der Waals surface area contributed by atoms with Crippen molar-refractivity contribution in [2.75, 3.05) is 0 Å². The van der Waals surface area contributed by atoms with Crippen molar-refractivity contribution in [1.29, 1.82) is 0 Å². The van der Waals surface area contributed by atoms with E-state index in [1.807, 2.05) is 0 Å². The molecule has 0 amide bonds. The summed E-state index contributed by atoms with van der Waals surface area (Å²) in [6, 6.07) is 11.3. The molecule has 0 aliphatic heterocycles. The molecule has 0 spiro atoms. The molecule has 1 aromatic heterocycles. The molecule has 0 saturated heterocycles. The lowest BCUT2D eigenvalue weighted by Crippen LogP contribution is -2.12. The third-order valence-electron chi connectivity index (χ3n) is 3.23. The van der Waals surface area contributed by atoms with Gasteiger partial charge in [-0.2, -0.15) is 12.8 Å². The number of fused-ring (bicyclic) bond motifs is 1. The van der Waals surface area contributed by atoms with E-state index < -0.39 is 21.8 Å². The lowest BCUT2D eigenvalue weighted by atomic mass is 10.2. The first kappa shape index (κ1) is 17.5. The maximum absolute atomic E-state index is 12.5. The van der Waals surface area contributed by atoms with Crippen molar-refractivity contribution >= 4 is 50.2 Å². The minimum Gasteiger partial charge on any atom is -0.475 e. The molecule has 0 saturated carbocycles. The Morgan fingerprint density at radius 2 is 1.76 bits per heavy atom. The van der Waals surface area contributed by atoms with Crippen LogP contribution in [0.15, 0.2) is 62.2 Å². The molecule has 0 unspecified atom stereocenters. The van der Waals surface area contributed by atoms with Crippen LogP contribution in [0.2, 0.25) is 10.0 Å². The van der Waals surface area contributed by atoms with Gasteiger partial charge in [0.15, 0.2) is 0 Å². The van der Waals surface area contributed by atoms with Gasteiger partial charge >= 0.3 is 5.97 Å². The summed E-state index contributed by atoms with van der Waals surface area (Å²) < 4.78 is 33.9. The highest BCUT2D eigenvalue weighted by Gasteiger charge is 2.16.